The summed E-state index contributed by atoms with van der Waals surface area (Å²) in [6.45, 7) is 1.00. The van der Waals surface area contributed by atoms with Gasteiger partial charge in [-0.05, 0) is 11.4 Å². The normalized spacial score (nSPS) is 22.6. The van der Waals surface area contributed by atoms with Gasteiger partial charge in [-0.1, -0.05) is 6.07 Å². The van der Waals surface area contributed by atoms with Crippen molar-refractivity contribution in [2.45, 2.75) is 31.1 Å². The number of hydrogen-bond acceptors (Lipinski definition) is 7. The Labute approximate surface area is 161 Å². The SMILES string of the molecule is CC(=O)OC(F)C1=C(C(=O)O)N2C(=O)[C@@H](NC(=O)Cc3cccs3)[C@@H]2SC1. The molecule has 3 heterocycles. The van der Waals surface area contributed by atoms with Crippen LogP contribution < -0.4 is 5.32 Å². The molecule has 0 spiro atoms. The van der Waals surface area contributed by atoms with Gasteiger partial charge in [0.2, 0.25) is 5.91 Å². The van der Waals surface area contributed by atoms with E-state index in [4.69, 9.17) is 0 Å². The molecule has 2 aliphatic rings. The van der Waals surface area contributed by atoms with Gasteiger partial charge in [0.15, 0.2) is 0 Å². The molecule has 1 aromatic rings. The van der Waals surface area contributed by atoms with Crippen LogP contribution in [0.3, 0.4) is 0 Å². The highest BCUT2D eigenvalue weighted by Crippen LogP contribution is 2.41. The smallest absolute Gasteiger partial charge is 0.352 e. The van der Waals surface area contributed by atoms with Crippen LogP contribution >= 0.6 is 23.1 Å². The van der Waals surface area contributed by atoms with Crippen molar-refractivity contribution in [2.24, 2.45) is 0 Å². The molecule has 0 saturated carbocycles. The Morgan fingerprint density at radius 2 is 2.22 bits per heavy atom. The molecule has 0 radical (unpaired) electrons. The number of thioether (sulfide) groups is 1. The van der Waals surface area contributed by atoms with Crippen LogP contribution in [0.2, 0.25) is 0 Å². The molecule has 1 saturated heterocycles. The van der Waals surface area contributed by atoms with E-state index in [1.165, 1.54) is 11.3 Å². The first-order chi connectivity index (χ1) is 12.8. The number of nitrogens with zero attached hydrogens (tertiary/aromatic N) is 1. The Balaban J connectivity index is 1.74. The third-order valence-electron chi connectivity index (χ3n) is 3.98. The molecule has 1 fully saturated rings. The second-order valence-electron chi connectivity index (χ2n) is 5.82. The highest BCUT2D eigenvalue weighted by atomic mass is 32.2. The van der Waals surface area contributed by atoms with E-state index in [-0.39, 0.29) is 23.7 Å². The average Bonchev–Trinajstić information content (AvgIpc) is 3.10. The van der Waals surface area contributed by atoms with E-state index >= 15 is 0 Å². The zero-order chi connectivity index (χ0) is 19.7. The molecule has 3 rings (SSSR count). The van der Waals surface area contributed by atoms with Crippen molar-refractivity contribution in [3.05, 3.63) is 33.7 Å². The van der Waals surface area contributed by atoms with Gasteiger partial charge in [0, 0.05) is 23.1 Å². The number of ether oxygens (including phenoxy) is 1. The van der Waals surface area contributed by atoms with Gasteiger partial charge in [0.1, 0.15) is 17.1 Å². The van der Waals surface area contributed by atoms with Gasteiger partial charge < -0.3 is 15.2 Å². The fraction of sp³-hybridized carbons (Fsp3) is 0.375. The Morgan fingerprint density at radius 3 is 2.81 bits per heavy atom. The van der Waals surface area contributed by atoms with Crippen molar-refractivity contribution in [3.8, 4) is 0 Å². The lowest BCUT2D eigenvalue weighted by Crippen LogP contribution is -2.70. The number of rotatable bonds is 6. The van der Waals surface area contributed by atoms with E-state index < -0.39 is 41.3 Å². The number of β-lactam (4-membered cyclic amide) rings is 1. The number of carbonyl (C=O) groups excluding carboxylic acids is 3. The first-order valence-electron chi connectivity index (χ1n) is 7.83. The number of esters is 1. The molecule has 11 heteroatoms. The molecule has 0 aromatic carbocycles. The Bertz CT molecular complexity index is 825. The average molecular weight is 414 g/mol. The number of alkyl halides is 1. The van der Waals surface area contributed by atoms with Gasteiger partial charge in [0.05, 0.1) is 6.42 Å². The lowest BCUT2D eigenvalue weighted by atomic mass is 10.0. The van der Waals surface area contributed by atoms with Crippen molar-refractivity contribution in [3.63, 3.8) is 0 Å². The van der Waals surface area contributed by atoms with Crippen LogP contribution in [0.4, 0.5) is 4.39 Å². The summed E-state index contributed by atoms with van der Waals surface area (Å²) in [5, 5.41) is 13.2. The van der Waals surface area contributed by atoms with Gasteiger partial charge in [-0.3, -0.25) is 19.3 Å². The summed E-state index contributed by atoms with van der Waals surface area (Å²) < 4.78 is 18.6. The lowest BCUT2D eigenvalue weighted by molar-refractivity contribution is -0.154. The van der Waals surface area contributed by atoms with Crippen LogP contribution in [0.5, 0.6) is 0 Å². The number of fused-ring (bicyclic) bond motifs is 1. The molecule has 2 amide bonds. The minimum Gasteiger partial charge on any atom is -0.477 e. The zero-order valence-electron chi connectivity index (χ0n) is 14.0. The molecule has 2 N–H and O–H groups in total. The quantitative estimate of drug-likeness (QED) is 0.525. The predicted molar refractivity (Wildman–Crippen MR) is 94.4 cm³/mol. The summed E-state index contributed by atoms with van der Waals surface area (Å²) >= 11 is 2.51. The molecule has 144 valence electrons. The van der Waals surface area contributed by atoms with Crippen molar-refractivity contribution in [1.29, 1.82) is 0 Å². The largest absolute Gasteiger partial charge is 0.477 e. The Morgan fingerprint density at radius 1 is 1.48 bits per heavy atom. The standard InChI is InChI=1S/C16H15FN2O6S2/c1-7(20)25-13(17)9-6-27-15-11(14(22)19(15)12(9)16(23)24)18-10(21)5-8-3-2-4-26-8/h2-4,11,13,15H,5-6H2,1H3,(H,18,21)(H,23,24)/t11-,13?,15+/m1/s1. The van der Waals surface area contributed by atoms with Gasteiger partial charge >= 0.3 is 11.9 Å². The number of amides is 2. The van der Waals surface area contributed by atoms with E-state index in [0.29, 0.717) is 0 Å². The highest BCUT2D eigenvalue weighted by molar-refractivity contribution is 8.00. The molecule has 1 aromatic heterocycles. The molecule has 1 unspecified atom stereocenters. The van der Waals surface area contributed by atoms with Gasteiger partial charge in [-0.25, -0.2) is 4.79 Å². The molecular formula is C16H15FN2O6S2. The number of aliphatic carboxylic acids is 1. The van der Waals surface area contributed by atoms with Gasteiger partial charge in [-0.15, -0.1) is 23.1 Å². The molecule has 2 aliphatic heterocycles. The Hall–Kier alpha value is -2.40. The van der Waals surface area contributed by atoms with Crippen LogP contribution in [0.25, 0.3) is 0 Å². The molecular weight excluding hydrogens is 399 g/mol. The van der Waals surface area contributed by atoms with E-state index in [1.807, 2.05) is 11.4 Å². The molecule has 3 atom stereocenters. The maximum absolute atomic E-state index is 14.1. The fourth-order valence-corrected chi connectivity index (χ4v) is 4.89. The van der Waals surface area contributed by atoms with Gasteiger partial charge in [-0.2, -0.15) is 4.39 Å². The number of nitrogens with one attached hydrogen (secondary N) is 1. The number of carboxylic acid groups (broad SMARTS) is 1. The van der Waals surface area contributed by atoms with Crippen molar-refractivity contribution in [1.82, 2.24) is 10.2 Å². The maximum Gasteiger partial charge on any atom is 0.352 e. The second kappa shape index (κ2) is 7.69. The van der Waals surface area contributed by atoms with E-state index in [2.05, 4.69) is 10.1 Å². The van der Waals surface area contributed by atoms with Crippen LogP contribution in [0, 0.1) is 0 Å². The molecule has 27 heavy (non-hydrogen) atoms. The predicted octanol–water partition coefficient (Wildman–Crippen LogP) is 0.888. The lowest BCUT2D eigenvalue weighted by Gasteiger charge is -2.49. The molecule has 0 aliphatic carbocycles. The van der Waals surface area contributed by atoms with Crippen LogP contribution in [-0.2, 0) is 30.3 Å². The summed E-state index contributed by atoms with van der Waals surface area (Å²) in [7, 11) is 0. The number of carboxylic acids is 1. The molecule has 8 nitrogen and oxygen atoms in total. The molecule has 0 bridgehead atoms. The van der Waals surface area contributed by atoms with Crippen LogP contribution in [-0.4, -0.2) is 57.3 Å². The second-order valence-corrected chi connectivity index (χ2v) is 7.95. The number of halogens is 1. The van der Waals surface area contributed by atoms with Gasteiger partial charge in [0.25, 0.3) is 12.3 Å². The first kappa shape index (κ1) is 19.4. The maximum atomic E-state index is 14.1. The summed E-state index contributed by atoms with van der Waals surface area (Å²) in [5.41, 5.74) is -0.836. The highest BCUT2D eigenvalue weighted by Gasteiger charge is 2.55. The van der Waals surface area contributed by atoms with Crippen LogP contribution in [0.1, 0.15) is 11.8 Å². The van der Waals surface area contributed by atoms with E-state index in [9.17, 15) is 28.7 Å². The number of hydrogen-bond donors (Lipinski definition) is 2. The van der Waals surface area contributed by atoms with Crippen molar-refractivity contribution < 1.29 is 33.4 Å². The minimum absolute atomic E-state index is 0.0815. The first-order valence-corrected chi connectivity index (χ1v) is 9.76. The van der Waals surface area contributed by atoms with Crippen molar-refractivity contribution in [2.75, 3.05) is 5.75 Å². The summed E-state index contributed by atoms with van der Waals surface area (Å²) in [5.74, 6) is -3.48. The topological polar surface area (TPSA) is 113 Å². The van der Waals surface area contributed by atoms with E-state index in [1.54, 1.807) is 6.07 Å². The van der Waals surface area contributed by atoms with Crippen molar-refractivity contribution >= 4 is 46.9 Å². The Kier molecular flexibility index (Phi) is 5.51. The number of carbonyl (C=O) groups is 4. The summed E-state index contributed by atoms with van der Waals surface area (Å²) in [6, 6.07) is 2.72. The number of thiophene rings is 1. The third-order valence-corrected chi connectivity index (χ3v) is 6.15. The summed E-state index contributed by atoms with van der Waals surface area (Å²) in [6.07, 6.45) is -2.13. The fourth-order valence-electron chi connectivity index (χ4n) is 2.83. The monoisotopic (exact) mass is 414 g/mol. The third kappa shape index (κ3) is 3.83. The van der Waals surface area contributed by atoms with Crippen LogP contribution in [0.15, 0.2) is 28.8 Å². The minimum atomic E-state index is -2.25. The van der Waals surface area contributed by atoms with E-state index in [0.717, 1.165) is 28.5 Å². The summed E-state index contributed by atoms with van der Waals surface area (Å²) in [4.78, 5) is 48.8. The zero-order valence-corrected chi connectivity index (χ0v) is 15.6.